The Morgan fingerprint density at radius 2 is 2.20 bits per heavy atom. The standard InChI is InChI=1S/C10H12N2O3/c11-7-4-6(10(14)15)9(13)12-8(7)5-2-1-3-5/h4-5H,1-3,11H2,(H,12,13)(H,14,15). The molecule has 1 aromatic heterocycles. The van der Waals surface area contributed by atoms with Gasteiger partial charge < -0.3 is 15.8 Å². The molecule has 0 atom stereocenters. The Balaban J connectivity index is 2.47. The summed E-state index contributed by atoms with van der Waals surface area (Å²) in [5, 5.41) is 8.72. The van der Waals surface area contributed by atoms with Crippen molar-refractivity contribution in [1.29, 1.82) is 0 Å². The Kier molecular flexibility index (Phi) is 2.22. The molecule has 15 heavy (non-hydrogen) atoms. The molecule has 80 valence electrons. The van der Waals surface area contributed by atoms with Crippen LogP contribution in [-0.4, -0.2) is 16.1 Å². The van der Waals surface area contributed by atoms with Crippen molar-refractivity contribution in [2.75, 3.05) is 5.73 Å². The van der Waals surface area contributed by atoms with Crippen molar-refractivity contribution in [1.82, 2.24) is 4.98 Å². The molecule has 5 heteroatoms. The van der Waals surface area contributed by atoms with E-state index in [1.54, 1.807) is 0 Å². The number of rotatable bonds is 2. The van der Waals surface area contributed by atoms with Gasteiger partial charge in [0, 0.05) is 11.6 Å². The zero-order valence-electron chi connectivity index (χ0n) is 8.12. The van der Waals surface area contributed by atoms with Crippen LogP contribution in [0.25, 0.3) is 0 Å². The summed E-state index contributed by atoms with van der Waals surface area (Å²) in [5.74, 6) is -0.955. The van der Waals surface area contributed by atoms with Crippen LogP contribution in [0.1, 0.15) is 41.2 Å². The highest BCUT2D eigenvalue weighted by Crippen LogP contribution is 2.37. The van der Waals surface area contributed by atoms with Crippen LogP contribution in [0.5, 0.6) is 0 Å². The maximum atomic E-state index is 11.4. The molecule has 1 aliphatic rings. The lowest BCUT2D eigenvalue weighted by molar-refractivity contribution is 0.0695. The van der Waals surface area contributed by atoms with Crippen molar-refractivity contribution < 1.29 is 9.90 Å². The second kappa shape index (κ2) is 3.42. The maximum absolute atomic E-state index is 11.4. The summed E-state index contributed by atoms with van der Waals surface area (Å²) in [7, 11) is 0. The fourth-order valence-electron chi connectivity index (χ4n) is 1.75. The van der Waals surface area contributed by atoms with Gasteiger partial charge in [-0.3, -0.25) is 4.79 Å². The highest BCUT2D eigenvalue weighted by Gasteiger charge is 2.24. The quantitative estimate of drug-likeness (QED) is 0.673. The van der Waals surface area contributed by atoms with Crippen LogP contribution in [0.2, 0.25) is 0 Å². The molecule has 0 spiro atoms. The molecule has 0 bridgehead atoms. The number of carbonyl (C=O) groups is 1. The van der Waals surface area contributed by atoms with E-state index in [2.05, 4.69) is 4.98 Å². The molecule has 2 rings (SSSR count). The fourth-order valence-corrected chi connectivity index (χ4v) is 1.75. The SMILES string of the molecule is Nc1cc(C(=O)O)c(=O)[nH]c1C1CCC1. The zero-order chi connectivity index (χ0) is 11.0. The summed E-state index contributed by atoms with van der Waals surface area (Å²) in [6, 6.07) is 1.24. The van der Waals surface area contributed by atoms with E-state index in [-0.39, 0.29) is 5.56 Å². The minimum absolute atomic E-state index is 0.292. The zero-order valence-corrected chi connectivity index (χ0v) is 8.12. The number of aromatic amines is 1. The van der Waals surface area contributed by atoms with E-state index in [9.17, 15) is 9.59 Å². The largest absolute Gasteiger partial charge is 0.477 e. The summed E-state index contributed by atoms with van der Waals surface area (Å²) in [6.07, 6.45) is 3.14. The number of aromatic nitrogens is 1. The molecular weight excluding hydrogens is 196 g/mol. The molecule has 1 aromatic rings. The van der Waals surface area contributed by atoms with Gasteiger partial charge in [0.15, 0.2) is 0 Å². The average molecular weight is 208 g/mol. The number of hydrogen-bond acceptors (Lipinski definition) is 3. The van der Waals surface area contributed by atoms with Gasteiger partial charge in [0.05, 0.1) is 5.69 Å². The average Bonchev–Trinajstić information content (AvgIpc) is 2.07. The summed E-state index contributed by atoms with van der Waals surface area (Å²) in [4.78, 5) is 24.6. The summed E-state index contributed by atoms with van der Waals surface area (Å²) >= 11 is 0. The van der Waals surface area contributed by atoms with E-state index in [0.717, 1.165) is 19.3 Å². The van der Waals surface area contributed by atoms with Crippen molar-refractivity contribution >= 4 is 11.7 Å². The number of pyridine rings is 1. The first-order valence-electron chi connectivity index (χ1n) is 4.85. The van der Waals surface area contributed by atoms with E-state index in [0.29, 0.717) is 17.3 Å². The fraction of sp³-hybridized carbons (Fsp3) is 0.400. The van der Waals surface area contributed by atoms with Gasteiger partial charge in [-0.1, -0.05) is 6.42 Å². The number of anilines is 1. The van der Waals surface area contributed by atoms with Crippen LogP contribution in [0.3, 0.4) is 0 Å². The van der Waals surface area contributed by atoms with Crippen LogP contribution in [0.15, 0.2) is 10.9 Å². The van der Waals surface area contributed by atoms with Gasteiger partial charge in [0.2, 0.25) is 0 Å². The van der Waals surface area contributed by atoms with Crippen molar-refractivity contribution in [2.24, 2.45) is 0 Å². The Labute approximate surface area is 85.9 Å². The molecule has 0 unspecified atom stereocenters. The van der Waals surface area contributed by atoms with Crippen molar-refractivity contribution in [2.45, 2.75) is 25.2 Å². The number of carboxylic acids is 1. The highest BCUT2D eigenvalue weighted by atomic mass is 16.4. The smallest absolute Gasteiger partial charge is 0.341 e. The minimum Gasteiger partial charge on any atom is -0.477 e. The minimum atomic E-state index is -1.25. The molecule has 0 aromatic carbocycles. The van der Waals surface area contributed by atoms with E-state index >= 15 is 0 Å². The van der Waals surface area contributed by atoms with Gasteiger partial charge in [0.1, 0.15) is 5.56 Å². The third-order valence-corrected chi connectivity index (χ3v) is 2.85. The number of nitrogens with two attached hydrogens (primary N) is 1. The summed E-state index contributed by atoms with van der Waals surface area (Å²) in [6.45, 7) is 0. The van der Waals surface area contributed by atoms with E-state index in [1.807, 2.05) is 0 Å². The molecule has 0 amide bonds. The Morgan fingerprint density at radius 1 is 1.53 bits per heavy atom. The van der Waals surface area contributed by atoms with Crippen molar-refractivity contribution in [3.63, 3.8) is 0 Å². The molecule has 1 saturated carbocycles. The topological polar surface area (TPSA) is 96.2 Å². The van der Waals surface area contributed by atoms with Crippen LogP contribution < -0.4 is 11.3 Å². The molecule has 4 N–H and O–H groups in total. The lowest BCUT2D eigenvalue weighted by Crippen LogP contribution is -2.23. The Hall–Kier alpha value is -1.78. The van der Waals surface area contributed by atoms with Gasteiger partial charge in [-0.2, -0.15) is 0 Å². The monoisotopic (exact) mass is 208 g/mol. The molecule has 0 saturated heterocycles. The number of nitrogens with one attached hydrogen (secondary N) is 1. The van der Waals surface area contributed by atoms with Gasteiger partial charge >= 0.3 is 5.97 Å². The predicted molar refractivity (Wildman–Crippen MR) is 55.0 cm³/mol. The Morgan fingerprint density at radius 3 is 2.67 bits per heavy atom. The van der Waals surface area contributed by atoms with Gasteiger partial charge in [-0.05, 0) is 18.9 Å². The Bertz CT molecular complexity index is 460. The van der Waals surface area contributed by atoms with Gasteiger partial charge in [-0.15, -0.1) is 0 Å². The van der Waals surface area contributed by atoms with Crippen LogP contribution in [0.4, 0.5) is 5.69 Å². The van der Waals surface area contributed by atoms with E-state index in [4.69, 9.17) is 10.8 Å². The molecule has 0 radical (unpaired) electrons. The predicted octanol–water partition coefficient (Wildman–Crippen LogP) is 0.923. The number of nitrogen functional groups attached to an aromatic ring is 1. The van der Waals surface area contributed by atoms with E-state index in [1.165, 1.54) is 6.07 Å². The molecule has 5 nitrogen and oxygen atoms in total. The third-order valence-electron chi connectivity index (χ3n) is 2.85. The first-order chi connectivity index (χ1) is 7.09. The summed E-state index contributed by atoms with van der Waals surface area (Å²) < 4.78 is 0. The second-order valence-electron chi connectivity index (χ2n) is 3.81. The molecular formula is C10H12N2O3. The van der Waals surface area contributed by atoms with E-state index < -0.39 is 11.5 Å². The molecule has 1 aliphatic carbocycles. The van der Waals surface area contributed by atoms with Crippen molar-refractivity contribution in [3.05, 3.63) is 27.7 Å². The lowest BCUT2D eigenvalue weighted by Gasteiger charge is -2.26. The first kappa shape index (κ1) is 9.76. The van der Waals surface area contributed by atoms with Crippen molar-refractivity contribution in [3.8, 4) is 0 Å². The molecule has 0 aliphatic heterocycles. The second-order valence-corrected chi connectivity index (χ2v) is 3.81. The van der Waals surface area contributed by atoms with Crippen LogP contribution in [0, 0.1) is 0 Å². The lowest BCUT2D eigenvalue weighted by atomic mass is 9.82. The van der Waals surface area contributed by atoms with Gasteiger partial charge in [0.25, 0.3) is 5.56 Å². The molecule has 1 fully saturated rings. The van der Waals surface area contributed by atoms with Crippen LogP contribution in [-0.2, 0) is 0 Å². The number of hydrogen-bond donors (Lipinski definition) is 3. The molecule has 1 heterocycles. The number of aromatic carboxylic acids is 1. The third kappa shape index (κ3) is 1.60. The normalized spacial score (nSPS) is 16.0. The van der Waals surface area contributed by atoms with Gasteiger partial charge in [-0.25, -0.2) is 4.79 Å². The number of H-pyrrole nitrogens is 1. The maximum Gasteiger partial charge on any atom is 0.341 e. The highest BCUT2D eigenvalue weighted by molar-refractivity contribution is 5.88. The number of carboxylic acid groups (broad SMARTS) is 1. The summed E-state index contributed by atoms with van der Waals surface area (Å²) in [5.41, 5.74) is 5.90. The van der Waals surface area contributed by atoms with Crippen LogP contribution >= 0.6 is 0 Å². The first-order valence-corrected chi connectivity index (χ1v) is 4.85.